The van der Waals surface area contributed by atoms with E-state index in [1.54, 1.807) is 7.11 Å². The Bertz CT molecular complexity index is 1240. The third-order valence-electron chi connectivity index (χ3n) is 6.38. The SMILES string of the molecule is COc1ccccc1-c1nc2c(C)nc3cc(Cl)ccc3c2n1CCC1CCNCC1. The number of nitrogens with one attached hydrogen (secondary N) is 1. The Morgan fingerprint density at radius 2 is 1.94 bits per heavy atom. The molecule has 6 heteroatoms. The van der Waals surface area contributed by atoms with E-state index in [9.17, 15) is 0 Å². The van der Waals surface area contributed by atoms with E-state index in [1.165, 1.54) is 12.8 Å². The highest BCUT2D eigenvalue weighted by Crippen LogP contribution is 2.36. The zero-order chi connectivity index (χ0) is 21.4. The zero-order valence-electron chi connectivity index (χ0n) is 18.0. The molecule has 1 saturated heterocycles. The highest BCUT2D eigenvalue weighted by atomic mass is 35.5. The van der Waals surface area contributed by atoms with Gasteiger partial charge in [0.05, 0.1) is 29.4 Å². The molecule has 0 atom stereocenters. The van der Waals surface area contributed by atoms with Crippen LogP contribution >= 0.6 is 11.6 Å². The van der Waals surface area contributed by atoms with E-state index < -0.39 is 0 Å². The first kappa shape index (κ1) is 20.3. The highest BCUT2D eigenvalue weighted by Gasteiger charge is 2.21. The number of rotatable bonds is 5. The number of hydrogen-bond donors (Lipinski definition) is 1. The van der Waals surface area contributed by atoms with Gasteiger partial charge in [-0.25, -0.2) is 4.98 Å². The summed E-state index contributed by atoms with van der Waals surface area (Å²) in [6.45, 7) is 5.16. The summed E-state index contributed by atoms with van der Waals surface area (Å²) in [6.07, 6.45) is 3.59. The summed E-state index contributed by atoms with van der Waals surface area (Å²) in [4.78, 5) is 9.91. The lowest BCUT2D eigenvalue weighted by Gasteiger charge is -2.23. The van der Waals surface area contributed by atoms with Gasteiger partial charge in [-0.1, -0.05) is 23.7 Å². The average Bonchev–Trinajstić information content (AvgIpc) is 3.18. The van der Waals surface area contributed by atoms with E-state index >= 15 is 0 Å². The van der Waals surface area contributed by atoms with Gasteiger partial charge in [0.1, 0.15) is 17.1 Å². The normalized spacial score (nSPS) is 15.1. The van der Waals surface area contributed by atoms with Crippen molar-refractivity contribution in [3.63, 3.8) is 0 Å². The van der Waals surface area contributed by atoms with Gasteiger partial charge in [0.25, 0.3) is 0 Å². The predicted molar refractivity (Wildman–Crippen MR) is 127 cm³/mol. The van der Waals surface area contributed by atoms with Gasteiger partial charge >= 0.3 is 0 Å². The molecule has 0 radical (unpaired) electrons. The van der Waals surface area contributed by atoms with Crippen LogP contribution in [0.15, 0.2) is 42.5 Å². The Labute approximate surface area is 187 Å². The molecule has 5 nitrogen and oxygen atoms in total. The Balaban J connectivity index is 1.73. The number of piperidine rings is 1. The van der Waals surface area contributed by atoms with Crippen molar-refractivity contribution in [2.24, 2.45) is 5.92 Å². The number of para-hydroxylation sites is 1. The minimum Gasteiger partial charge on any atom is -0.496 e. The first-order valence-corrected chi connectivity index (χ1v) is 11.3. The van der Waals surface area contributed by atoms with Crippen molar-refractivity contribution in [3.8, 4) is 17.1 Å². The molecule has 5 rings (SSSR count). The number of halogens is 1. The van der Waals surface area contributed by atoms with E-state index in [2.05, 4.69) is 22.0 Å². The number of aryl methyl sites for hydroxylation is 2. The molecule has 0 amide bonds. The van der Waals surface area contributed by atoms with E-state index in [4.69, 9.17) is 26.3 Å². The smallest absolute Gasteiger partial charge is 0.144 e. The van der Waals surface area contributed by atoms with Crippen LogP contribution < -0.4 is 10.1 Å². The lowest BCUT2D eigenvalue weighted by atomic mass is 9.94. The standard InChI is InChI=1S/C25H27ClN4O/c1-16-23-24(19-8-7-18(26)15-21(19)28-16)30(14-11-17-9-12-27-13-10-17)25(29-23)20-5-3-4-6-22(20)31-2/h3-8,15,17,27H,9-14H2,1-2H3. The maximum Gasteiger partial charge on any atom is 0.144 e. The molecule has 4 aromatic rings. The van der Waals surface area contributed by atoms with E-state index in [0.717, 1.165) is 76.7 Å². The van der Waals surface area contributed by atoms with Crippen LogP contribution in [-0.4, -0.2) is 34.7 Å². The molecule has 0 aliphatic carbocycles. The van der Waals surface area contributed by atoms with Gasteiger partial charge in [0, 0.05) is 17.0 Å². The quantitative estimate of drug-likeness (QED) is 0.443. The molecule has 2 aromatic carbocycles. The highest BCUT2D eigenvalue weighted by molar-refractivity contribution is 6.31. The van der Waals surface area contributed by atoms with E-state index in [1.807, 2.05) is 37.3 Å². The Morgan fingerprint density at radius 1 is 1.13 bits per heavy atom. The Hall–Kier alpha value is -2.63. The largest absolute Gasteiger partial charge is 0.496 e. The lowest BCUT2D eigenvalue weighted by molar-refractivity contribution is 0.340. The van der Waals surface area contributed by atoms with Crippen molar-refractivity contribution in [2.75, 3.05) is 20.2 Å². The molecule has 0 bridgehead atoms. The molecule has 1 aliphatic heterocycles. The monoisotopic (exact) mass is 434 g/mol. The first-order chi connectivity index (χ1) is 15.2. The molecule has 1 aliphatic rings. The Kier molecular flexibility index (Phi) is 5.55. The fraction of sp³-hybridized carbons (Fsp3) is 0.360. The van der Waals surface area contributed by atoms with Crippen molar-refractivity contribution in [2.45, 2.75) is 32.7 Å². The second kappa shape index (κ2) is 8.48. The van der Waals surface area contributed by atoms with Gasteiger partial charge in [0.2, 0.25) is 0 Å². The fourth-order valence-corrected chi connectivity index (χ4v) is 4.91. The molecule has 2 aromatic heterocycles. The van der Waals surface area contributed by atoms with E-state index in [0.29, 0.717) is 5.02 Å². The lowest BCUT2D eigenvalue weighted by Crippen LogP contribution is -2.28. The summed E-state index contributed by atoms with van der Waals surface area (Å²) in [5.74, 6) is 2.50. The number of imidazole rings is 1. The van der Waals surface area contributed by atoms with Crippen LogP contribution in [0.25, 0.3) is 33.3 Å². The number of ether oxygens (including phenoxy) is 1. The third-order valence-corrected chi connectivity index (χ3v) is 6.62. The first-order valence-electron chi connectivity index (χ1n) is 11.0. The third kappa shape index (κ3) is 3.77. The molecular weight excluding hydrogens is 408 g/mol. The van der Waals surface area contributed by atoms with Crippen molar-refractivity contribution < 1.29 is 4.74 Å². The van der Waals surface area contributed by atoms with Gasteiger partial charge < -0.3 is 14.6 Å². The predicted octanol–water partition coefficient (Wildman–Crippen LogP) is 5.61. The molecule has 0 unspecified atom stereocenters. The van der Waals surface area contributed by atoms with Gasteiger partial charge in [-0.3, -0.25) is 4.98 Å². The summed E-state index contributed by atoms with van der Waals surface area (Å²) >= 11 is 6.28. The van der Waals surface area contributed by atoms with Crippen molar-refractivity contribution >= 4 is 33.5 Å². The number of fused-ring (bicyclic) bond motifs is 3. The van der Waals surface area contributed by atoms with Crippen LogP contribution in [0.1, 0.15) is 25.0 Å². The number of benzene rings is 2. The molecule has 1 fully saturated rings. The zero-order valence-corrected chi connectivity index (χ0v) is 18.7. The van der Waals surface area contributed by atoms with Crippen LogP contribution in [0.4, 0.5) is 0 Å². The number of aromatic nitrogens is 3. The van der Waals surface area contributed by atoms with Crippen molar-refractivity contribution in [1.82, 2.24) is 19.9 Å². The van der Waals surface area contributed by atoms with E-state index in [-0.39, 0.29) is 0 Å². The molecule has 1 N–H and O–H groups in total. The van der Waals surface area contributed by atoms with Crippen LogP contribution in [0.5, 0.6) is 5.75 Å². The van der Waals surface area contributed by atoms with Crippen LogP contribution in [0.2, 0.25) is 5.02 Å². The topological polar surface area (TPSA) is 52.0 Å². The summed E-state index contributed by atoms with van der Waals surface area (Å²) in [7, 11) is 1.71. The fourth-order valence-electron chi connectivity index (χ4n) is 4.74. The Morgan fingerprint density at radius 3 is 2.74 bits per heavy atom. The van der Waals surface area contributed by atoms with Gasteiger partial charge in [0.15, 0.2) is 0 Å². The van der Waals surface area contributed by atoms with Crippen LogP contribution in [0, 0.1) is 12.8 Å². The summed E-state index contributed by atoms with van der Waals surface area (Å²) in [5.41, 5.74) is 4.91. The van der Waals surface area contributed by atoms with Gasteiger partial charge in [-0.2, -0.15) is 0 Å². The molecule has 0 saturated carbocycles. The molecular formula is C25H27ClN4O. The minimum absolute atomic E-state index is 0.699. The maximum absolute atomic E-state index is 6.28. The second-order valence-corrected chi connectivity index (χ2v) is 8.76. The maximum atomic E-state index is 6.28. The van der Waals surface area contributed by atoms with Crippen molar-refractivity contribution in [1.29, 1.82) is 0 Å². The molecule has 0 spiro atoms. The van der Waals surface area contributed by atoms with Gasteiger partial charge in [-0.05, 0) is 75.5 Å². The number of methoxy groups -OCH3 is 1. The average molecular weight is 435 g/mol. The van der Waals surface area contributed by atoms with Crippen LogP contribution in [-0.2, 0) is 6.54 Å². The van der Waals surface area contributed by atoms with Gasteiger partial charge in [-0.15, -0.1) is 0 Å². The summed E-state index contributed by atoms with van der Waals surface area (Å²) < 4.78 is 8.06. The minimum atomic E-state index is 0.699. The number of nitrogens with zero attached hydrogens (tertiary/aromatic N) is 3. The molecule has 31 heavy (non-hydrogen) atoms. The number of hydrogen-bond acceptors (Lipinski definition) is 4. The van der Waals surface area contributed by atoms with Crippen LogP contribution in [0.3, 0.4) is 0 Å². The summed E-state index contributed by atoms with van der Waals surface area (Å²) in [5, 5.41) is 5.26. The van der Waals surface area contributed by atoms with Crippen molar-refractivity contribution in [3.05, 3.63) is 53.2 Å². The second-order valence-electron chi connectivity index (χ2n) is 8.33. The number of pyridine rings is 1. The summed E-state index contributed by atoms with van der Waals surface area (Å²) in [6, 6.07) is 14.1. The molecule has 3 heterocycles. The molecule has 160 valence electrons.